The Morgan fingerprint density at radius 3 is 2.61 bits per heavy atom. The molecule has 4 N–H and O–H groups in total. The summed E-state index contributed by atoms with van der Waals surface area (Å²) in [5, 5.41) is 11.7. The Balaban J connectivity index is 1.85. The molecule has 1 aliphatic heterocycles. The van der Waals surface area contributed by atoms with Gasteiger partial charge in [0.05, 0.1) is 19.3 Å². The second-order valence-electron chi connectivity index (χ2n) is 5.39. The normalized spacial score (nSPS) is 29.6. The number of rotatable bonds is 5. The average Bonchev–Trinajstić information content (AvgIpc) is 2.71. The molecular weight excluding hydrogens is 236 g/mol. The molecule has 2 unspecified atom stereocenters. The number of hydrogen-bond donors (Lipinski definition) is 3. The molecule has 1 saturated carbocycles. The minimum atomic E-state index is -0.921. The van der Waals surface area contributed by atoms with Crippen molar-refractivity contribution in [1.29, 1.82) is 0 Å². The van der Waals surface area contributed by atoms with Gasteiger partial charge in [0, 0.05) is 6.42 Å². The van der Waals surface area contributed by atoms with Crippen molar-refractivity contribution in [2.75, 3.05) is 19.8 Å². The Labute approximate surface area is 106 Å². The molecule has 2 rings (SSSR count). The lowest BCUT2D eigenvalue weighted by molar-refractivity contribution is -0.142. The highest BCUT2D eigenvalue weighted by atomic mass is 16.5. The van der Waals surface area contributed by atoms with Gasteiger partial charge in [0.2, 0.25) is 5.91 Å². The fraction of sp³-hybridized carbons (Fsp3) is 0.833. The van der Waals surface area contributed by atoms with Gasteiger partial charge in [-0.1, -0.05) is 6.42 Å². The number of aliphatic carboxylic acids is 1. The first-order valence-electron chi connectivity index (χ1n) is 6.36. The lowest BCUT2D eigenvalue weighted by Gasteiger charge is -2.40. The van der Waals surface area contributed by atoms with Crippen molar-refractivity contribution in [3.05, 3.63) is 0 Å². The Morgan fingerprint density at radius 2 is 2.11 bits per heavy atom. The molecule has 0 bridgehead atoms. The maximum absolute atomic E-state index is 11.9. The number of carboxylic acids is 1. The van der Waals surface area contributed by atoms with Gasteiger partial charge in [-0.15, -0.1) is 0 Å². The van der Waals surface area contributed by atoms with Crippen LogP contribution in [0, 0.1) is 11.3 Å². The van der Waals surface area contributed by atoms with E-state index < -0.39 is 17.9 Å². The van der Waals surface area contributed by atoms with Gasteiger partial charge in [-0.2, -0.15) is 0 Å². The van der Waals surface area contributed by atoms with Crippen molar-refractivity contribution in [3.63, 3.8) is 0 Å². The molecule has 102 valence electrons. The van der Waals surface area contributed by atoms with E-state index in [2.05, 4.69) is 5.32 Å². The highest BCUT2D eigenvalue weighted by molar-refractivity contribution is 5.79. The molecule has 0 aromatic rings. The van der Waals surface area contributed by atoms with Crippen LogP contribution in [0.3, 0.4) is 0 Å². The van der Waals surface area contributed by atoms with Crippen molar-refractivity contribution in [3.8, 4) is 0 Å². The summed E-state index contributed by atoms with van der Waals surface area (Å²) in [5.41, 5.74) is 5.65. The number of amides is 1. The highest BCUT2D eigenvalue weighted by Gasteiger charge is 2.40. The number of nitrogens with one attached hydrogen (secondary N) is 1. The highest BCUT2D eigenvalue weighted by Crippen LogP contribution is 2.42. The van der Waals surface area contributed by atoms with E-state index >= 15 is 0 Å². The van der Waals surface area contributed by atoms with E-state index in [1.54, 1.807) is 0 Å². The van der Waals surface area contributed by atoms with Crippen molar-refractivity contribution in [2.24, 2.45) is 17.1 Å². The Hall–Kier alpha value is -1.14. The molecule has 1 aliphatic carbocycles. The van der Waals surface area contributed by atoms with Gasteiger partial charge >= 0.3 is 5.97 Å². The van der Waals surface area contributed by atoms with Crippen LogP contribution in [0.1, 0.15) is 25.7 Å². The zero-order valence-corrected chi connectivity index (χ0v) is 10.4. The van der Waals surface area contributed by atoms with Gasteiger partial charge < -0.3 is 20.9 Å². The number of ether oxygens (including phenoxy) is 1. The minimum absolute atomic E-state index is 0.0533. The zero-order valence-electron chi connectivity index (χ0n) is 10.4. The minimum Gasteiger partial charge on any atom is -0.481 e. The number of carbonyl (C=O) groups excluding carboxylic acids is 1. The lowest BCUT2D eigenvalue weighted by Crippen LogP contribution is -2.47. The fourth-order valence-corrected chi connectivity index (χ4v) is 2.67. The predicted molar refractivity (Wildman–Crippen MR) is 63.8 cm³/mol. The largest absolute Gasteiger partial charge is 0.481 e. The third kappa shape index (κ3) is 2.64. The number of hydrogen-bond acceptors (Lipinski definition) is 4. The molecular formula is C12H20N2O4. The molecule has 18 heavy (non-hydrogen) atoms. The Bertz CT molecular complexity index is 335. The van der Waals surface area contributed by atoms with Gasteiger partial charge in [0.15, 0.2) is 0 Å². The molecule has 0 radical (unpaired) electrons. The Kier molecular flexibility index (Phi) is 3.87. The van der Waals surface area contributed by atoms with Gasteiger partial charge in [-0.3, -0.25) is 9.59 Å². The summed E-state index contributed by atoms with van der Waals surface area (Å²) in [6.45, 7) is 0.963. The molecule has 2 fully saturated rings. The molecule has 2 aliphatic rings. The second-order valence-corrected chi connectivity index (χ2v) is 5.39. The van der Waals surface area contributed by atoms with Gasteiger partial charge in [0.1, 0.15) is 5.92 Å². The van der Waals surface area contributed by atoms with E-state index in [-0.39, 0.29) is 24.5 Å². The standard InChI is InChI=1S/C12H20N2O4/c13-7-12(2-1-3-12)4-10(15)14-9-6-18-5-8(9)11(16)17/h8-9H,1-7,13H2,(H,14,15)(H,16,17). The third-order valence-corrected chi connectivity index (χ3v) is 4.13. The molecule has 0 aromatic heterocycles. The van der Waals surface area contributed by atoms with Crippen LogP contribution >= 0.6 is 0 Å². The summed E-state index contributed by atoms with van der Waals surface area (Å²) >= 11 is 0. The maximum Gasteiger partial charge on any atom is 0.311 e. The summed E-state index contributed by atoms with van der Waals surface area (Å²) in [4.78, 5) is 22.9. The fourth-order valence-electron chi connectivity index (χ4n) is 2.67. The average molecular weight is 256 g/mol. The maximum atomic E-state index is 11.9. The molecule has 0 aromatic carbocycles. The molecule has 6 nitrogen and oxygen atoms in total. The Morgan fingerprint density at radius 1 is 1.39 bits per heavy atom. The summed E-state index contributed by atoms with van der Waals surface area (Å²) < 4.78 is 5.11. The number of carboxylic acid groups (broad SMARTS) is 1. The SMILES string of the molecule is NCC1(CC(=O)NC2COCC2C(=O)O)CCC1. The first-order chi connectivity index (χ1) is 8.56. The molecule has 1 amide bonds. The molecule has 6 heteroatoms. The molecule has 2 atom stereocenters. The molecule has 1 heterocycles. The van der Waals surface area contributed by atoms with Crippen LogP contribution in [0.25, 0.3) is 0 Å². The van der Waals surface area contributed by atoms with Crippen LogP contribution in [0.5, 0.6) is 0 Å². The van der Waals surface area contributed by atoms with E-state index in [9.17, 15) is 9.59 Å². The van der Waals surface area contributed by atoms with E-state index in [1.165, 1.54) is 0 Å². The summed E-state index contributed by atoms with van der Waals surface area (Å²) in [5.74, 6) is -1.67. The first kappa shape index (κ1) is 13.3. The van der Waals surface area contributed by atoms with E-state index in [0.29, 0.717) is 13.0 Å². The molecule has 0 spiro atoms. The zero-order chi connectivity index (χ0) is 13.2. The van der Waals surface area contributed by atoms with Crippen LogP contribution in [0.2, 0.25) is 0 Å². The third-order valence-electron chi connectivity index (χ3n) is 4.13. The first-order valence-corrected chi connectivity index (χ1v) is 6.36. The van der Waals surface area contributed by atoms with Crippen molar-refractivity contribution < 1.29 is 19.4 Å². The van der Waals surface area contributed by atoms with Gasteiger partial charge in [0.25, 0.3) is 0 Å². The van der Waals surface area contributed by atoms with Crippen LogP contribution in [0.15, 0.2) is 0 Å². The lowest BCUT2D eigenvalue weighted by atomic mass is 9.66. The van der Waals surface area contributed by atoms with E-state index in [1.807, 2.05) is 0 Å². The summed E-state index contributed by atoms with van der Waals surface area (Å²) in [6, 6.07) is -0.412. The summed E-state index contributed by atoms with van der Waals surface area (Å²) in [7, 11) is 0. The van der Waals surface area contributed by atoms with E-state index in [4.69, 9.17) is 15.6 Å². The van der Waals surface area contributed by atoms with Crippen LogP contribution < -0.4 is 11.1 Å². The molecule has 1 saturated heterocycles. The number of carbonyl (C=O) groups is 2. The topological polar surface area (TPSA) is 102 Å². The van der Waals surface area contributed by atoms with Crippen molar-refractivity contribution in [1.82, 2.24) is 5.32 Å². The van der Waals surface area contributed by atoms with Crippen LogP contribution in [-0.2, 0) is 14.3 Å². The number of nitrogens with two attached hydrogens (primary N) is 1. The van der Waals surface area contributed by atoms with Crippen LogP contribution in [0.4, 0.5) is 0 Å². The van der Waals surface area contributed by atoms with E-state index in [0.717, 1.165) is 19.3 Å². The van der Waals surface area contributed by atoms with Crippen molar-refractivity contribution >= 4 is 11.9 Å². The second kappa shape index (κ2) is 5.24. The smallest absolute Gasteiger partial charge is 0.311 e. The predicted octanol–water partition coefficient (Wildman–Crippen LogP) is -0.279. The van der Waals surface area contributed by atoms with Gasteiger partial charge in [-0.05, 0) is 24.8 Å². The van der Waals surface area contributed by atoms with Gasteiger partial charge in [-0.25, -0.2) is 0 Å². The summed E-state index contributed by atoms with van der Waals surface area (Å²) in [6.07, 6.45) is 3.49. The van der Waals surface area contributed by atoms with Crippen molar-refractivity contribution in [2.45, 2.75) is 31.7 Å². The monoisotopic (exact) mass is 256 g/mol. The van der Waals surface area contributed by atoms with Crippen LogP contribution in [-0.4, -0.2) is 42.8 Å². The quantitative estimate of drug-likeness (QED) is 0.628.